The molecular weight excluding hydrogens is 312 g/mol. The van der Waals surface area contributed by atoms with Crippen molar-refractivity contribution in [2.45, 2.75) is 17.9 Å². The van der Waals surface area contributed by atoms with E-state index >= 15 is 0 Å². The predicted octanol–water partition coefficient (Wildman–Crippen LogP) is 2.56. The lowest BCUT2D eigenvalue weighted by molar-refractivity contribution is -0.117. The lowest BCUT2D eigenvalue weighted by atomic mass is 10.3. The van der Waals surface area contributed by atoms with Crippen LogP contribution in [0.25, 0.3) is 0 Å². The number of rotatable bonds is 6. The summed E-state index contributed by atoms with van der Waals surface area (Å²) in [5, 5.41) is 14.1. The molecule has 0 atom stereocenters. The molecule has 0 spiro atoms. The first-order chi connectivity index (χ1) is 11.2. The van der Waals surface area contributed by atoms with Crippen LogP contribution < -0.4 is 10.6 Å². The van der Waals surface area contributed by atoms with Gasteiger partial charge in [0.25, 0.3) is 0 Å². The first kappa shape index (κ1) is 15.5. The van der Waals surface area contributed by atoms with E-state index in [9.17, 15) is 9.59 Å². The first-order valence-electron chi connectivity index (χ1n) is 7.33. The summed E-state index contributed by atoms with van der Waals surface area (Å²) in [6, 6.07) is 12.7. The smallest absolute Gasteiger partial charge is 0.234 e. The van der Waals surface area contributed by atoms with E-state index in [1.807, 2.05) is 30.3 Å². The molecule has 0 saturated heterocycles. The summed E-state index contributed by atoms with van der Waals surface area (Å²) in [5.41, 5.74) is 0.766. The number of carbonyl (C=O) groups excluding carboxylic acids is 2. The fourth-order valence-corrected chi connectivity index (χ4v) is 2.51. The Morgan fingerprint density at radius 2 is 1.83 bits per heavy atom. The molecule has 118 valence electrons. The van der Waals surface area contributed by atoms with Crippen molar-refractivity contribution in [2.24, 2.45) is 5.92 Å². The Morgan fingerprint density at radius 1 is 1.04 bits per heavy atom. The van der Waals surface area contributed by atoms with Crippen molar-refractivity contribution in [1.82, 2.24) is 10.2 Å². The highest BCUT2D eigenvalue weighted by molar-refractivity contribution is 7.99. The van der Waals surface area contributed by atoms with Crippen molar-refractivity contribution in [1.29, 1.82) is 0 Å². The Labute approximate surface area is 138 Å². The van der Waals surface area contributed by atoms with E-state index in [2.05, 4.69) is 20.8 Å². The number of nitrogens with one attached hydrogen (secondary N) is 2. The number of para-hydroxylation sites is 1. The van der Waals surface area contributed by atoms with E-state index in [0.717, 1.165) is 18.5 Å². The van der Waals surface area contributed by atoms with Gasteiger partial charge in [0.2, 0.25) is 11.8 Å². The van der Waals surface area contributed by atoms with Crippen LogP contribution >= 0.6 is 11.8 Å². The molecule has 0 aliphatic heterocycles. The van der Waals surface area contributed by atoms with Gasteiger partial charge in [-0.2, -0.15) is 0 Å². The summed E-state index contributed by atoms with van der Waals surface area (Å²) in [6.45, 7) is 0. The molecule has 1 saturated carbocycles. The topological polar surface area (TPSA) is 84.0 Å². The van der Waals surface area contributed by atoms with E-state index in [1.54, 1.807) is 12.1 Å². The minimum absolute atomic E-state index is 0.00180. The van der Waals surface area contributed by atoms with Gasteiger partial charge in [0, 0.05) is 11.6 Å². The zero-order valence-electron chi connectivity index (χ0n) is 12.4. The molecule has 2 N–H and O–H groups in total. The second-order valence-corrected chi connectivity index (χ2v) is 6.22. The summed E-state index contributed by atoms with van der Waals surface area (Å²) < 4.78 is 0. The molecule has 23 heavy (non-hydrogen) atoms. The van der Waals surface area contributed by atoms with Gasteiger partial charge in [0.1, 0.15) is 5.03 Å². The third-order valence-corrected chi connectivity index (χ3v) is 4.17. The molecular formula is C16H16N4O2S. The average Bonchev–Trinajstić information content (AvgIpc) is 3.40. The number of carbonyl (C=O) groups is 2. The Kier molecular flexibility index (Phi) is 4.87. The first-order valence-corrected chi connectivity index (χ1v) is 8.31. The highest BCUT2D eigenvalue weighted by Gasteiger charge is 2.29. The third-order valence-electron chi connectivity index (χ3n) is 3.25. The number of hydrogen-bond donors (Lipinski definition) is 2. The van der Waals surface area contributed by atoms with Crippen molar-refractivity contribution in [3.05, 3.63) is 42.5 Å². The van der Waals surface area contributed by atoms with Crippen LogP contribution in [-0.2, 0) is 9.59 Å². The minimum Gasteiger partial charge on any atom is -0.325 e. The molecule has 1 aliphatic rings. The monoisotopic (exact) mass is 328 g/mol. The van der Waals surface area contributed by atoms with Gasteiger partial charge in [-0.25, -0.2) is 0 Å². The molecule has 2 amide bonds. The van der Waals surface area contributed by atoms with Gasteiger partial charge < -0.3 is 10.6 Å². The zero-order valence-corrected chi connectivity index (χ0v) is 13.2. The molecule has 0 bridgehead atoms. The Morgan fingerprint density at radius 3 is 2.48 bits per heavy atom. The van der Waals surface area contributed by atoms with Gasteiger partial charge in [-0.15, -0.1) is 10.2 Å². The zero-order chi connectivity index (χ0) is 16.1. The molecule has 1 aliphatic carbocycles. The molecule has 2 aromatic rings. The molecule has 0 radical (unpaired) electrons. The van der Waals surface area contributed by atoms with E-state index in [0.29, 0.717) is 10.8 Å². The molecule has 1 heterocycles. The van der Waals surface area contributed by atoms with Crippen molar-refractivity contribution >= 4 is 35.1 Å². The van der Waals surface area contributed by atoms with Gasteiger partial charge in [-0.3, -0.25) is 9.59 Å². The van der Waals surface area contributed by atoms with Gasteiger partial charge in [-0.1, -0.05) is 30.0 Å². The third kappa shape index (κ3) is 4.79. The molecule has 0 unspecified atom stereocenters. The van der Waals surface area contributed by atoms with Crippen LogP contribution in [-0.4, -0.2) is 27.8 Å². The summed E-state index contributed by atoms with van der Waals surface area (Å²) in [6.07, 6.45) is 1.90. The molecule has 1 fully saturated rings. The van der Waals surface area contributed by atoms with Crippen LogP contribution in [0, 0.1) is 5.92 Å². The van der Waals surface area contributed by atoms with Crippen LogP contribution in [0.1, 0.15) is 12.8 Å². The summed E-state index contributed by atoms with van der Waals surface area (Å²) in [7, 11) is 0. The molecule has 6 nitrogen and oxygen atoms in total. The number of nitrogens with zero attached hydrogens (tertiary/aromatic N) is 2. The summed E-state index contributed by atoms with van der Waals surface area (Å²) in [4.78, 5) is 23.5. The highest BCUT2D eigenvalue weighted by Crippen LogP contribution is 2.29. The maximum atomic E-state index is 11.8. The standard InChI is InChI=1S/C16H16N4O2S/c21-14(17-12-4-2-1-3-5-12)10-23-15-9-8-13(19-20-15)18-16(22)11-6-7-11/h1-5,8-9,11H,6-7,10H2,(H,17,21)(H,18,19,22). The van der Waals surface area contributed by atoms with Crippen LogP contribution in [0.4, 0.5) is 11.5 Å². The molecule has 3 rings (SSSR count). The van der Waals surface area contributed by atoms with Gasteiger partial charge in [0.15, 0.2) is 5.82 Å². The number of aromatic nitrogens is 2. The lowest BCUT2D eigenvalue weighted by Crippen LogP contribution is -2.15. The number of amides is 2. The van der Waals surface area contributed by atoms with Crippen LogP contribution in [0.15, 0.2) is 47.5 Å². The Bertz CT molecular complexity index is 687. The van der Waals surface area contributed by atoms with Crippen molar-refractivity contribution in [3.63, 3.8) is 0 Å². The number of hydrogen-bond acceptors (Lipinski definition) is 5. The van der Waals surface area contributed by atoms with Gasteiger partial charge in [0.05, 0.1) is 5.75 Å². The maximum Gasteiger partial charge on any atom is 0.234 e. The van der Waals surface area contributed by atoms with Gasteiger partial charge >= 0.3 is 0 Å². The van der Waals surface area contributed by atoms with Crippen molar-refractivity contribution in [3.8, 4) is 0 Å². The number of benzene rings is 1. The van der Waals surface area contributed by atoms with Crippen LogP contribution in [0.2, 0.25) is 0 Å². The van der Waals surface area contributed by atoms with Crippen molar-refractivity contribution < 1.29 is 9.59 Å². The largest absolute Gasteiger partial charge is 0.325 e. The number of anilines is 2. The van der Waals surface area contributed by atoms with E-state index in [-0.39, 0.29) is 23.5 Å². The second-order valence-electron chi connectivity index (χ2n) is 5.22. The summed E-state index contributed by atoms with van der Waals surface area (Å²) in [5.74, 6) is 0.723. The second kappa shape index (κ2) is 7.23. The van der Waals surface area contributed by atoms with Crippen LogP contribution in [0.5, 0.6) is 0 Å². The lowest BCUT2D eigenvalue weighted by Gasteiger charge is -2.05. The van der Waals surface area contributed by atoms with E-state index < -0.39 is 0 Å². The number of thioether (sulfide) groups is 1. The molecule has 1 aromatic heterocycles. The van der Waals surface area contributed by atoms with E-state index in [1.165, 1.54) is 11.8 Å². The van der Waals surface area contributed by atoms with Gasteiger partial charge in [-0.05, 0) is 37.1 Å². The Hall–Kier alpha value is -2.41. The maximum absolute atomic E-state index is 11.8. The molecule has 1 aromatic carbocycles. The van der Waals surface area contributed by atoms with Crippen LogP contribution in [0.3, 0.4) is 0 Å². The minimum atomic E-state index is -0.103. The highest BCUT2D eigenvalue weighted by atomic mass is 32.2. The average molecular weight is 328 g/mol. The van der Waals surface area contributed by atoms with Crippen molar-refractivity contribution in [2.75, 3.05) is 16.4 Å². The Balaban J connectivity index is 1.46. The van der Waals surface area contributed by atoms with E-state index in [4.69, 9.17) is 0 Å². The fraction of sp³-hybridized carbons (Fsp3) is 0.250. The normalized spacial score (nSPS) is 13.4. The summed E-state index contributed by atoms with van der Waals surface area (Å²) >= 11 is 1.30. The molecule has 7 heteroatoms. The predicted molar refractivity (Wildman–Crippen MR) is 89.2 cm³/mol. The fourth-order valence-electron chi connectivity index (χ4n) is 1.90. The SMILES string of the molecule is O=C(CSc1ccc(NC(=O)C2CC2)nn1)Nc1ccccc1. The quantitative estimate of drug-likeness (QED) is 0.796.